The van der Waals surface area contributed by atoms with Crippen molar-refractivity contribution in [2.75, 3.05) is 6.61 Å². The fraction of sp³-hybridized carbons (Fsp3) is 0.286. The van der Waals surface area contributed by atoms with Crippen LogP contribution in [-0.2, 0) is 12.8 Å². The van der Waals surface area contributed by atoms with Gasteiger partial charge in [-0.2, -0.15) is 0 Å². The van der Waals surface area contributed by atoms with Crippen LogP contribution in [-0.4, -0.2) is 11.6 Å². The average Bonchev–Trinajstić information content (AvgIpc) is 2.60. The zero-order valence-electron chi connectivity index (χ0n) is 14.3. The summed E-state index contributed by atoms with van der Waals surface area (Å²) in [7, 11) is 0. The molecule has 0 bridgehead atoms. The Labute approximate surface area is 150 Å². The minimum absolute atomic E-state index is 0. The molecule has 0 aliphatic carbocycles. The third kappa shape index (κ3) is 4.27. The van der Waals surface area contributed by atoms with Crippen LogP contribution in [0.25, 0.3) is 10.8 Å². The molecular formula is C21H24ClNO. The van der Waals surface area contributed by atoms with Crippen LogP contribution in [0.15, 0.2) is 54.7 Å². The van der Waals surface area contributed by atoms with E-state index in [1.807, 2.05) is 13.1 Å². The highest BCUT2D eigenvalue weighted by Gasteiger charge is 2.05. The largest absolute Gasteiger partial charge is 0.493 e. The standard InChI is InChI=1S/C21H23NO.ClH/c1-3-13-23-21-14-19(22-15-16(21)2)12-11-18-9-6-8-17-7-4-5-10-20(17)18;/h4-10,14-15H,3,11-13H2,1-2H3;1H. The van der Waals surface area contributed by atoms with E-state index in [1.54, 1.807) is 0 Å². The van der Waals surface area contributed by atoms with E-state index in [4.69, 9.17) is 4.74 Å². The Morgan fingerprint density at radius 3 is 2.62 bits per heavy atom. The van der Waals surface area contributed by atoms with E-state index in [-0.39, 0.29) is 12.4 Å². The summed E-state index contributed by atoms with van der Waals surface area (Å²) >= 11 is 0. The quantitative estimate of drug-likeness (QED) is 0.587. The number of aryl methyl sites for hydroxylation is 3. The summed E-state index contributed by atoms with van der Waals surface area (Å²) in [6, 6.07) is 17.2. The number of nitrogens with zero attached hydrogens (tertiary/aromatic N) is 1. The van der Waals surface area contributed by atoms with Crippen molar-refractivity contribution in [3.05, 3.63) is 71.5 Å². The van der Waals surface area contributed by atoms with Gasteiger partial charge in [-0.25, -0.2) is 0 Å². The lowest BCUT2D eigenvalue weighted by atomic mass is 10.00. The molecule has 3 aromatic rings. The summed E-state index contributed by atoms with van der Waals surface area (Å²) in [4.78, 5) is 4.56. The maximum Gasteiger partial charge on any atom is 0.125 e. The maximum absolute atomic E-state index is 5.81. The SMILES string of the molecule is CCCOc1cc(CCc2cccc3ccccc23)ncc1C.Cl. The summed E-state index contributed by atoms with van der Waals surface area (Å²) in [5.74, 6) is 0.967. The molecule has 0 saturated carbocycles. The second-order valence-corrected chi connectivity index (χ2v) is 5.93. The van der Waals surface area contributed by atoms with Crippen LogP contribution >= 0.6 is 12.4 Å². The summed E-state index contributed by atoms with van der Waals surface area (Å²) in [5, 5.41) is 2.64. The average molecular weight is 342 g/mol. The van der Waals surface area contributed by atoms with Crippen LogP contribution in [0.4, 0.5) is 0 Å². The summed E-state index contributed by atoms with van der Waals surface area (Å²) in [6.07, 6.45) is 4.86. The first-order chi connectivity index (χ1) is 11.3. The number of fused-ring (bicyclic) bond motifs is 1. The van der Waals surface area contributed by atoms with Crippen LogP contribution in [0, 0.1) is 6.92 Å². The van der Waals surface area contributed by atoms with Crippen molar-refractivity contribution in [2.45, 2.75) is 33.1 Å². The molecule has 3 rings (SSSR count). The number of hydrogen-bond donors (Lipinski definition) is 0. The molecule has 0 fully saturated rings. The Kier molecular flexibility index (Phi) is 6.62. The molecule has 0 saturated heterocycles. The molecular weight excluding hydrogens is 318 g/mol. The first-order valence-electron chi connectivity index (χ1n) is 8.33. The first-order valence-corrected chi connectivity index (χ1v) is 8.33. The number of rotatable bonds is 6. The van der Waals surface area contributed by atoms with Gasteiger partial charge < -0.3 is 4.74 Å². The van der Waals surface area contributed by atoms with Gasteiger partial charge in [0.05, 0.1) is 6.61 Å². The third-order valence-electron chi connectivity index (χ3n) is 4.10. The highest BCUT2D eigenvalue weighted by atomic mass is 35.5. The maximum atomic E-state index is 5.81. The highest BCUT2D eigenvalue weighted by molar-refractivity contribution is 5.86. The van der Waals surface area contributed by atoms with E-state index in [2.05, 4.69) is 60.4 Å². The Morgan fingerprint density at radius 2 is 1.79 bits per heavy atom. The monoisotopic (exact) mass is 341 g/mol. The zero-order chi connectivity index (χ0) is 16.1. The molecule has 24 heavy (non-hydrogen) atoms. The van der Waals surface area contributed by atoms with Gasteiger partial charge in [-0.05, 0) is 42.5 Å². The lowest BCUT2D eigenvalue weighted by Crippen LogP contribution is -2.01. The normalized spacial score (nSPS) is 10.4. The van der Waals surface area contributed by atoms with Crippen LogP contribution in [0.2, 0.25) is 0 Å². The van der Waals surface area contributed by atoms with E-state index in [9.17, 15) is 0 Å². The van der Waals surface area contributed by atoms with E-state index >= 15 is 0 Å². The van der Waals surface area contributed by atoms with Crippen molar-refractivity contribution in [1.29, 1.82) is 0 Å². The van der Waals surface area contributed by atoms with E-state index in [1.165, 1.54) is 16.3 Å². The number of hydrogen-bond acceptors (Lipinski definition) is 2. The van der Waals surface area contributed by atoms with Gasteiger partial charge in [0.25, 0.3) is 0 Å². The Bertz CT molecular complexity index is 795. The Hall–Kier alpha value is -2.06. The minimum atomic E-state index is 0. The van der Waals surface area contributed by atoms with E-state index in [0.29, 0.717) is 0 Å². The molecule has 3 heteroatoms. The zero-order valence-corrected chi connectivity index (χ0v) is 15.1. The molecule has 1 aromatic heterocycles. The Morgan fingerprint density at radius 1 is 1.00 bits per heavy atom. The van der Waals surface area contributed by atoms with Crippen molar-refractivity contribution in [1.82, 2.24) is 4.98 Å². The molecule has 0 aliphatic rings. The number of ether oxygens (including phenoxy) is 1. The van der Waals surface area contributed by atoms with E-state index < -0.39 is 0 Å². The van der Waals surface area contributed by atoms with Gasteiger partial charge in [0.15, 0.2) is 0 Å². The van der Waals surface area contributed by atoms with Gasteiger partial charge in [0, 0.05) is 23.5 Å². The molecule has 0 radical (unpaired) electrons. The van der Waals surface area contributed by atoms with Gasteiger partial charge >= 0.3 is 0 Å². The van der Waals surface area contributed by atoms with Gasteiger partial charge in [-0.1, -0.05) is 49.4 Å². The van der Waals surface area contributed by atoms with Crippen molar-refractivity contribution >= 4 is 23.2 Å². The fourth-order valence-corrected chi connectivity index (χ4v) is 2.82. The van der Waals surface area contributed by atoms with Crippen LogP contribution < -0.4 is 4.74 Å². The number of aromatic nitrogens is 1. The van der Waals surface area contributed by atoms with Gasteiger partial charge in [-0.15, -0.1) is 12.4 Å². The summed E-state index contributed by atoms with van der Waals surface area (Å²) in [5.41, 5.74) is 3.57. The summed E-state index contributed by atoms with van der Waals surface area (Å²) in [6.45, 7) is 4.93. The van der Waals surface area contributed by atoms with Crippen molar-refractivity contribution in [3.8, 4) is 5.75 Å². The van der Waals surface area contributed by atoms with Crippen molar-refractivity contribution in [3.63, 3.8) is 0 Å². The van der Waals surface area contributed by atoms with Gasteiger partial charge in [-0.3, -0.25) is 4.98 Å². The predicted octanol–water partition coefficient (Wildman–Crippen LogP) is 5.54. The number of pyridine rings is 1. The number of halogens is 1. The molecule has 0 N–H and O–H groups in total. The topological polar surface area (TPSA) is 22.1 Å². The molecule has 126 valence electrons. The lowest BCUT2D eigenvalue weighted by Gasteiger charge is -2.10. The predicted molar refractivity (Wildman–Crippen MR) is 103 cm³/mol. The molecule has 0 aliphatic heterocycles. The van der Waals surface area contributed by atoms with Crippen LogP contribution in [0.1, 0.15) is 30.2 Å². The third-order valence-corrected chi connectivity index (χ3v) is 4.10. The molecule has 0 amide bonds. The molecule has 1 heterocycles. The fourth-order valence-electron chi connectivity index (χ4n) is 2.82. The molecule has 0 unspecified atom stereocenters. The second kappa shape index (κ2) is 8.70. The van der Waals surface area contributed by atoms with Crippen LogP contribution in [0.5, 0.6) is 5.75 Å². The van der Waals surface area contributed by atoms with E-state index in [0.717, 1.165) is 42.9 Å². The molecule has 2 aromatic carbocycles. The first kappa shape index (κ1) is 18.3. The number of benzene rings is 2. The molecule has 0 spiro atoms. The van der Waals surface area contributed by atoms with Gasteiger partial charge in [0.2, 0.25) is 0 Å². The highest BCUT2D eigenvalue weighted by Crippen LogP contribution is 2.22. The molecule has 0 atom stereocenters. The van der Waals surface area contributed by atoms with Crippen LogP contribution in [0.3, 0.4) is 0 Å². The lowest BCUT2D eigenvalue weighted by molar-refractivity contribution is 0.314. The molecule has 2 nitrogen and oxygen atoms in total. The second-order valence-electron chi connectivity index (χ2n) is 5.93. The Balaban J connectivity index is 0.00000208. The summed E-state index contributed by atoms with van der Waals surface area (Å²) < 4.78 is 5.81. The minimum Gasteiger partial charge on any atom is -0.493 e. The van der Waals surface area contributed by atoms with Gasteiger partial charge in [0.1, 0.15) is 5.75 Å². The van der Waals surface area contributed by atoms with Crippen molar-refractivity contribution < 1.29 is 4.74 Å². The smallest absolute Gasteiger partial charge is 0.125 e. The van der Waals surface area contributed by atoms with Crippen molar-refractivity contribution in [2.24, 2.45) is 0 Å².